The van der Waals surface area contributed by atoms with Crippen molar-refractivity contribution in [2.75, 3.05) is 34.4 Å². The Balaban J connectivity index is 0.00000432. The molecule has 0 saturated heterocycles. The van der Waals surface area contributed by atoms with E-state index in [2.05, 4.69) is 25.9 Å². The maximum Gasteiger partial charge on any atom is 1.00 e. The van der Waals surface area contributed by atoms with Crippen LogP contribution in [0.2, 0.25) is 0 Å². The van der Waals surface area contributed by atoms with E-state index in [4.69, 9.17) is 10.8 Å². The predicted molar refractivity (Wildman–Crippen MR) is 118 cm³/mol. The predicted octanol–water partition coefficient (Wildman–Crippen LogP) is -5.06. The van der Waals surface area contributed by atoms with Gasteiger partial charge in [0.05, 0.1) is 6.04 Å². The number of carbonyl (C=O) groups excluding carboxylic acids is 3. The Morgan fingerprint density at radius 3 is 2.60 bits per heavy atom. The number of nitrogens with one attached hydrogen (secondary N) is 4. The fourth-order valence-electron chi connectivity index (χ4n) is 3.39. The molecule has 15 heteroatoms. The number of nitrogens with zero attached hydrogens (tertiary/aromatic N) is 2. The third-order valence-corrected chi connectivity index (χ3v) is 5.11. The molecule has 3 rings (SSSR count). The molecule has 2 aromatic rings. The number of rotatable bonds is 10. The molecule has 35 heavy (non-hydrogen) atoms. The minimum atomic E-state index is -1.41. The quantitative estimate of drug-likeness (QED) is 0.135. The molecule has 0 radical (unpaired) electrons. The number of amides is 2. The molecule has 1 aliphatic rings. The second-order valence-electron chi connectivity index (χ2n) is 7.43. The van der Waals surface area contributed by atoms with Gasteiger partial charge in [-0.05, 0) is 37.1 Å². The molecule has 1 aliphatic heterocycles. The van der Waals surface area contributed by atoms with Gasteiger partial charge in [0.2, 0.25) is 12.4 Å². The van der Waals surface area contributed by atoms with Crippen LogP contribution in [0.4, 0.5) is 23.1 Å². The van der Waals surface area contributed by atoms with E-state index < -0.39 is 41.9 Å². The number of H-pyrrole nitrogens is 1. The van der Waals surface area contributed by atoms with Gasteiger partial charge in [-0.1, -0.05) is 0 Å². The van der Waals surface area contributed by atoms with Crippen LogP contribution in [0.5, 0.6) is 0 Å². The van der Waals surface area contributed by atoms with Crippen LogP contribution in [-0.4, -0.2) is 64.5 Å². The van der Waals surface area contributed by atoms with Crippen molar-refractivity contribution in [3.05, 3.63) is 40.2 Å². The summed E-state index contributed by atoms with van der Waals surface area (Å²) in [6.45, 7) is 0.558. The second kappa shape index (κ2) is 12.2. The third kappa shape index (κ3) is 6.94. The molecule has 14 nitrogen and oxygen atoms in total. The van der Waals surface area contributed by atoms with Crippen LogP contribution in [0.25, 0.3) is 0 Å². The van der Waals surface area contributed by atoms with E-state index in [0.717, 1.165) is 0 Å². The smallest absolute Gasteiger partial charge is 0.550 e. The van der Waals surface area contributed by atoms with Gasteiger partial charge in [-0.15, -0.1) is 0 Å². The zero-order valence-electron chi connectivity index (χ0n) is 18.7. The minimum absolute atomic E-state index is 0. The molecule has 0 fully saturated rings. The van der Waals surface area contributed by atoms with Gasteiger partial charge in [0.1, 0.15) is 6.04 Å². The standard InChI is InChI=1S/C20H23N7O7.Na/c21-20-25-16-15(18(32)26-20)27(9-28)12(8-23-16)7-22-11-3-1-10(2-4-11)17(31)24-13(19(33)34)5-6-14(29)30;/h1-4,9,12-13,22H,5-8H2,(H,24,31)(H,29,30)(H,33,34)(H4,21,23,25,26,32);/q;+1/p-1/t12-,13+;/m1./s1. The molecule has 2 heterocycles. The van der Waals surface area contributed by atoms with Gasteiger partial charge in [-0.25, -0.2) is 4.79 Å². The summed E-state index contributed by atoms with van der Waals surface area (Å²) in [7, 11) is 0. The first-order valence-corrected chi connectivity index (χ1v) is 10.1. The normalized spacial score (nSPS) is 15.0. The molecule has 1 aromatic heterocycles. The van der Waals surface area contributed by atoms with Crippen molar-refractivity contribution in [3.63, 3.8) is 0 Å². The van der Waals surface area contributed by atoms with Crippen LogP contribution in [-0.2, 0) is 14.4 Å². The Labute approximate surface area is 220 Å². The summed E-state index contributed by atoms with van der Waals surface area (Å²) in [6.07, 6.45) is -0.278. The van der Waals surface area contributed by atoms with E-state index in [-0.39, 0.29) is 65.5 Å². The summed E-state index contributed by atoms with van der Waals surface area (Å²) in [6, 6.07) is 4.27. The molecule has 2 atom stereocenters. The van der Waals surface area contributed by atoms with Crippen molar-refractivity contribution in [1.82, 2.24) is 15.3 Å². The number of hydrogen-bond acceptors (Lipinski definition) is 10. The molecule has 2 amide bonds. The fourth-order valence-corrected chi connectivity index (χ4v) is 3.39. The monoisotopic (exact) mass is 495 g/mol. The van der Waals surface area contributed by atoms with Gasteiger partial charge in [-0.2, -0.15) is 4.98 Å². The summed E-state index contributed by atoms with van der Waals surface area (Å²) in [5.74, 6) is -3.31. The fraction of sp³-hybridized carbons (Fsp3) is 0.300. The number of hydrogen-bond donors (Lipinski definition) is 6. The van der Waals surface area contributed by atoms with E-state index in [1.54, 1.807) is 12.1 Å². The Kier molecular flexibility index (Phi) is 9.62. The number of anilines is 4. The number of carboxylic acids is 2. The van der Waals surface area contributed by atoms with Crippen LogP contribution in [0.15, 0.2) is 29.1 Å². The molecule has 0 unspecified atom stereocenters. The number of aromatic nitrogens is 2. The van der Waals surface area contributed by atoms with Crippen molar-refractivity contribution in [2.45, 2.75) is 24.9 Å². The first-order valence-electron chi connectivity index (χ1n) is 10.1. The molecular weight excluding hydrogens is 473 g/mol. The minimum Gasteiger partial charge on any atom is -0.550 e. The number of nitrogen functional groups attached to an aromatic ring is 1. The number of nitrogens with two attached hydrogens (primary N) is 1. The summed E-state index contributed by atoms with van der Waals surface area (Å²) >= 11 is 0. The molecule has 180 valence electrons. The zero-order valence-corrected chi connectivity index (χ0v) is 20.7. The van der Waals surface area contributed by atoms with Crippen molar-refractivity contribution < 1.29 is 58.9 Å². The molecular formula is C20H22N7NaO7. The average Bonchev–Trinajstić information content (AvgIpc) is 2.79. The summed E-state index contributed by atoms with van der Waals surface area (Å²) in [5.41, 5.74) is 5.80. The van der Waals surface area contributed by atoms with Crippen molar-refractivity contribution in [3.8, 4) is 0 Å². The van der Waals surface area contributed by atoms with E-state index in [1.165, 1.54) is 17.0 Å². The van der Waals surface area contributed by atoms with Gasteiger partial charge < -0.3 is 41.6 Å². The molecule has 1 aromatic carbocycles. The van der Waals surface area contributed by atoms with Gasteiger partial charge in [0.15, 0.2) is 11.5 Å². The van der Waals surface area contributed by atoms with Gasteiger partial charge in [0, 0.05) is 30.3 Å². The van der Waals surface area contributed by atoms with E-state index in [9.17, 15) is 29.1 Å². The van der Waals surface area contributed by atoms with Crippen LogP contribution < -0.4 is 66.8 Å². The molecule has 7 N–H and O–H groups in total. The summed E-state index contributed by atoms with van der Waals surface area (Å²) < 4.78 is 0. The number of aliphatic carboxylic acids is 2. The molecule has 0 saturated carbocycles. The van der Waals surface area contributed by atoms with Crippen LogP contribution in [0.1, 0.15) is 23.2 Å². The van der Waals surface area contributed by atoms with Crippen LogP contribution in [0.3, 0.4) is 0 Å². The van der Waals surface area contributed by atoms with E-state index in [0.29, 0.717) is 18.6 Å². The van der Waals surface area contributed by atoms with Gasteiger partial charge in [0.25, 0.3) is 11.5 Å². The summed E-state index contributed by atoms with van der Waals surface area (Å²) in [4.78, 5) is 65.6. The molecule has 0 spiro atoms. The SMILES string of the molecule is Nc1nc2c(c(=O)[nH]1)N(C=O)[C@H](CNc1ccc(C(=O)N[C@@H](CCC(=O)[O-])C(=O)O)cc1)CN2.[Na+]. The Morgan fingerprint density at radius 2 is 2.00 bits per heavy atom. The van der Waals surface area contributed by atoms with Crippen LogP contribution >= 0.6 is 0 Å². The largest absolute Gasteiger partial charge is 1.00 e. The summed E-state index contributed by atoms with van der Waals surface area (Å²) in [5, 5.41) is 28.0. The average molecular weight is 495 g/mol. The first-order chi connectivity index (χ1) is 16.2. The number of carbonyl (C=O) groups is 4. The maximum atomic E-state index is 12.3. The molecule has 0 bridgehead atoms. The Bertz CT molecular complexity index is 1160. The van der Waals surface area contributed by atoms with E-state index >= 15 is 0 Å². The first kappa shape index (κ1) is 27.6. The van der Waals surface area contributed by atoms with Crippen molar-refractivity contribution >= 4 is 47.4 Å². The second-order valence-corrected chi connectivity index (χ2v) is 7.43. The Hall–Kier alpha value is -3.62. The number of fused-ring (bicyclic) bond motifs is 1. The Morgan fingerprint density at radius 1 is 1.31 bits per heavy atom. The molecule has 0 aliphatic carbocycles. The van der Waals surface area contributed by atoms with Crippen LogP contribution in [0, 0.1) is 0 Å². The number of aromatic amines is 1. The van der Waals surface area contributed by atoms with Gasteiger partial charge >= 0.3 is 35.5 Å². The van der Waals surface area contributed by atoms with E-state index in [1.807, 2.05) is 0 Å². The zero-order chi connectivity index (χ0) is 24.8. The maximum absolute atomic E-state index is 12.3. The van der Waals surface area contributed by atoms with Crippen molar-refractivity contribution in [2.24, 2.45) is 0 Å². The number of benzene rings is 1. The number of carboxylic acid groups (broad SMARTS) is 2. The van der Waals surface area contributed by atoms with Gasteiger partial charge in [-0.3, -0.25) is 19.4 Å². The third-order valence-electron chi connectivity index (χ3n) is 5.11. The topological polar surface area (TPSA) is 223 Å². The van der Waals surface area contributed by atoms with Crippen molar-refractivity contribution in [1.29, 1.82) is 0 Å².